The second-order valence-corrected chi connectivity index (χ2v) is 3.62. The summed E-state index contributed by atoms with van der Waals surface area (Å²) in [5.41, 5.74) is 3.11. The topological polar surface area (TPSA) is 0 Å². The number of rotatable bonds is 2. The van der Waals surface area contributed by atoms with Crippen molar-refractivity contribution in [2.24, 2.45) is 0 Å². The van der Waals surface area contributed by atoms with Gasteiger partial charge in [-0.2, -0.15) is 0 Å². The lowest BCUT2D eigenvalue weighted by Crippen LogP contribution is -1.68. The van der Waals surface area contributed by atoms with E-state index in [1.165, 1.54) is 25.7 Å². The molecule has 2 aliphatic rings. The summed E-state index contributed by atoms with van der Waals surface area (Å²) in [6, 6.07) is 0. The van der Waals surface area contributed by atoms with E-state index in [0.29, 0.717) is 0 Å². The molecule has 0 spiro atoms. The maximum atomic E-state index is 2.19. The fourth-order valence-electron chi connectivity index (χ4n) is 1.51. The maximum absolute atomic E-state index is 2.19. The highest BCUT2D eigenvalue weighted by Gasteiger charge is 1.92. The van der Waals surface area contributed by atoms with Gasteiger partial charge in [-0.25, -0.2) is 0 Å². The molecule has 0 N–H and O–H groups in total. The van der Waals surface area contributed by atoms with Crippen molar-refractivity contribution in [2.45, 2.75) is 39.5 Å². The minimum atomic E-state index is 0. The quantitative estimate of drug-likeness (QED) is 0.616. The third-order valence-electron chi connectivity index (χ3n) is 2.60. The Bertz CT molecular complexity index is 250. The Morgan fingerprint density at radius 1 is 0.867 bits per heavy atom. The molecule has 0 unspecified atom stereocenters. The van der Waals surface area contributed by atoms with E-state index in [0.717, 1.165) is 0 Å². The molecule has 2 aliphatic carbocycles. The first-order chi connectivity index (χ1) is 6.86. The summed E-state index contributed by atoms with van der Waals surface area (Å²) >= 11 is 0. The van der Waals surface area contributed by atoms with Crippen molar-refractivity contribution < 1.29 is 0 Å². The zero-order valence-electron chi connectivity index (χ0n) is 9.29. The lowest BCUT2D eigenvalue weighted by molar-refractivity contribution is 1.05. The maximum Gasteiger partial charge on any atom is 0.316 e. The van der Waals surface area contributed by atoms with Gasteiger partial charge in [0, 0.05) is 0 Å². The molecular weight excluding hydrogens is 192 g/mol. The van der Waals surface area contributed by atoms with E-state index < -0.39 is 0 Å². The zero-order valence-corrected chi connectivity index (χ0v) is 9.29. The molecule has 15 heavy (non-hydrogen) atoms. The molecule has 0 fully saturated rings. The summed E-state index contributed by atoms with van der Waals surface area (Å²) < 4.78 is 0. The van der Waals surface area contributed by atoms with Crippen molar-refractivity contribution in [3.8, 4) is 0 Å². The Labute approximate surface area is 110 Å². The van der Waals surface area contributed by atoms with Gasteiger partial charge in [-0.3, -0.25) is 0 Å². The van der Waals surface area contributed by atoms with Gasteiger partial charge in [0.05, 0.1) is 0 Å². The first-order valence-corrected chi connectivity index (χ1v) is 5.56. The molecule has 0 atom stereocenters. The van der Waals surface area contributed by atoms with Gasteiger partial charge < -0.3 is 0 Å². The molecule has 0 bridgehead atoms. The highest BCUT2D eigenvalue weighted by molar-refractivity contribution is 5.75. The lowest BCUT2D eigenvalue weighted by atomic mass is 10.2. The van der Waals surface area contributed by atoms with Crippen molar-refractivity contribution in [1.29, 1.82) is 0 Å². The molecule has 0 radical (unpaired) electrons. The molecule has 0 aromatic rings. The second-order valence-electron chi connectivity index (χ2n) is 3.62. The van der Waals surface area contributed by atoms with Crippen LogP contribution in [-0.2, 0) is 0 Å². The Morgan fingerprint density at radius 2 is 1.27 bits per heavy atom. The fourth-order valence-corrected chi connectivity index (χ4v) is 1.51. The summed E-state index contributed by atoms with van der Waals surface area (Å²) in [6.07, 6.45) is 17.8. The Kier molecular flexibility index (Phi) is 8.82. The van der Waals surface area contributed by atoms with Crippen molar-refractivity contribution in [3.63, 3.8) is 0 Å². The van der Waals surface area contributed by atoms with Crippen LogP contribution in [0.4, 0.5) is 0 Å². The zero-order chi connectivity index (χ0) is 10.2. The molecule has 2 rings (SSSR count). The summed E-state index contributed by atoms with van der Waals surface area (Å²) in [4.78, 5) is 0. The van der Waals surface area contributed by atoms with Crippen molar-refractivity contribution in [1.82, 2.24) is 0 Å². The Balaban J connectivity index is 0.000000245. The smallest absolute Gasteiger partial charge is 0.0805 e. The fraction of sp³-hybridized carbons (Fsp3) is 0.429. The molecule has 0 amide bonds. The van der Waals surface area contributed by atoms with Crippen molar-refractivity contribution in [3.05, 3.63) is 47.6 Å². The van der Waals surface area contributed by atoms with Crippen LogP contribution in [0.5, 0.6) is 0 Å². The predicted molar refractivity (Wildman–Crippen MR) is 72.8 cm³/mol. The number of hydrogen-bond acceptors (Lipinski definition) is 0. The summed E-state index contributed by atoms with van der Waals surface area (Å²) in [5, 5.41) is 0. The van der Waals surface area contributed by atoms with Crippen LogP contribution in [0.1, 0.15) is 39.5 Å². The van der Waals surface area contributed by atoms with Gasteiger partial charge in [-0.05, 0) is 25.7 Å². The normalized spacial score (nSPS) is 16.4. The third kappa shape index (κ3) is 6.01. The van der Waals surface area contributed by atoms with Gasteiger partial charge in [0.15, 0.2) is 0 Å². The highest BCUT2D eigenvalue weighted by Crippen LogP contribution is 2.12. The highest BCUT2D eigenvalue weighted by atomic mass is 24.3. The van der Waals surface area contributed by atoms with Crippen LogP contribution in [-0.4, -0.2) is 23.1 Å². The molecule has 0 aromatic heterocycles. The molecule has 0 aliphatic heterocycles. The summed E-state index contributed by atoms with van der Waals surface area (Å²) in [7, 11) is 0. The molecule has 80 valence electrons. The van der Waals surface area contributed by atoms with E-state index in [-0.39, 0.29) is 23.1 Å². The minimum absolute atomic E-state index is 0. The van der Waals surface area contributed by atoms with Crippen LogP contribution in [0.2, 0.25) is 0 Å². The monoisotopic (exact) mass is 214 g/mol. The average Bonchev–Trinajstić information content (AvgIpc) is 2.92. The van der Waals surface area contributed by atoms with Crippen LogP contribution in [0.15, 0.2) is 47.6 Å². The predicted octanol–water partition coefficient (Wildman–Crippen LogP) is 3.65. The van der Waals surface area contributed by atoms with Gasteiger partial charge in [0.25, 0.3) is 0 Å². The molecule has 0 saturated carbocycles. The molecule has 0 aromatic carbocycles. The van der Waals surface area contributed by atoms with E-state index in [2.05, 4.69) is 50.3 Å². The summed E-state index contributed by atoms with van der Waals surface area (Å²) in [5.74, 6) is 0. The number of hydrogen-bond donors (Lipinski definition) is 0. The van der Waals surface area contributed by atoms with E-state index in [1.54, 1.807) is 11.1 Å². The molecular formula is C14H22Mg. The van der Waals surface area contributed by atoms with E-state index in [4.69, 9.17) is 0 Å². The average molecular weight is 215 g/mol. The van der Waals surface area contributed by atoms with E-state index >= 15 is 0 Å². The van der Waals surface area contributed by atoms with Crippen LogP contribution < -0.4 is 0 Å². The third-order valence-corrected chi connectivity index (χ3v) is 2.60. The first kappa shape index (κ1) is 14.7. The SMILES string of the molecule is CCC1=CC=CC1.CCC1=CC=CC1.[MgH2]. The van der Waals surface area contributed by atoms with Crippen LogP contribution in [0, 0.1) is 0 Å². The van der Waals surface area contributed by atoms with Crippen LogP contribution in [0.25, 0.3) is 0 Å². The second kappa shape index (κ2) is 8.99. The van der Waals surface area contributed by atoms with Crippen molar-refractivity contribution >= 4 is 23.1 Å². The van der Waals surface area contributed by atoms with Gasteiger partial charge in [0.1, 0.15) is 0 Å². The van der Waals surface area contributed by atoms with Crippen LogP contribution >= 0.6 is 0 Å². The molecule has 1 heteroatoms. The first-order valence-electron chi connectivity index (χ1n) is 5.56. The Morgan fingerprint density at radius 3 is 1.40 bits per heavy atom. The minimum Gasteiger partial charge on any atom is -0.0805 e. The van der Waals surface area contributed by atoms with Crippen LogP contribution in [0.3, 0.4) is 0 Å². The summed E-state index contributed by atoms with van der Waals surface area (Å²) in [6.45, 7) is 4.39. The standard InChI is InChI=1S/2C7H10.Mg.2H/c2*1-2-7-5-3-4-6-7;;;/h2*3-5H,2,6H2,1H3;;;. The van der Waals surface area contributed by atoms with E-state index in [9.17, 15) is 0 Å². The van der Waals surface area contributed by atoms with Crippen molar-refractivity contribution in [2.75, 3.05) is 0 Å². The van der Waals surface area contributed by atoms with Gasteiger partial charge in [-0.15, -0.1) is 0 Å². The molecule has 0 saturated heterocycles. The molecule has 0 nitrogen and oxygen atoms in total. The largest absolute Gasteiger partial charge is 0.316 e. The Hall–Kier alpha value is -0.274. The van der Waals surface area contributed by atoms with Gasteiger partial charge in [0.2, 0.25) is 0 Å². The number of allylic oxidation sites excluding steroid dienone is 8. The van der Waals surface area contributed by atoms with E-state index in [1.807, 2.05) is 0 Å². The van der Waals surface area contributed by atoms with Gasteiger partial charge >= 0.3 is 23.1 Å². The molecule has 0 heterocycles. The van der Waals surface area contributed by atoms with Gasteiger partial charge in [-0.1, -0.05) is 61.4 Å². The lowest BCUT2D eigenvalue weighted by Gasteiger charge is -1.88.